The van der Waals surface area contributed by atoms with Crippen LogP contribution in [0.15, 0.2) is 24.3 Å². The zero-order chi connectivity index (χ0) is 14.1. The molecule has 0 saturated carbocycles. The smallest absolute Gasteiger partial charge is 0.310 e. The number of amides is 1. The number of carbonyl (C=O) groups excluding carboxylic acids is 2. The average Bonchev–Trinajstić information content (AvgIpc) is 2.29. The van der Waals surface area contributed by atoms with Crippen LogP contribution in [0.2, 0.25) is 5.02 Å². The number of carboxylic acid groups (broad SMARTS) is 1. The Kier molecular flexibility index (Phi) is 7.74. The van der Waals surface area contributed by atoms with Gasteiger partial charge in [0.1, 0.15) is 6.42 Å². The van der Waals surface area contributed by atoms with Crippen LogP contribution in [0.4, 0.5) is 0 Å². The van der Waals surface area contributed by atoms with Crippen LogP contribution in [-0.4, -0.2) is 28.6 Å². The van der Waals surface area contributed by atoms with Crippen LogP contribution in [0.25, 0.3) is 0 Å². The molecule has 0 radical (unpaired) electrons. The van der Waals surface area contributed by atoms with Crippen LogP contribution >= 0.6 is 23.2 Å². The Labute approximate surface area is 113 Å². The van der Waals surface area contributed by atoms with Gasteiger partial charge in [-0.05, 0) is 24.3 Å². The largest absolute Gasteiger partial charge is 0.481 e. The highest BCUT2D eigenvalue weighted by molar-refractivity contribution is 6.30. The predicted octanol–water partition coefficient (Wildman–Crippen LogP) is 1.71. The van der Waals surface area contributed by atoms with Crippen molar-refractivity contribution in [3.8, 4) is 0 Å². The van der Waals surface area contributed by atoms with Gasteiger partial charge in [0.2, 0.25) is 5.91 Å². The summed E-state index contributed by atoms with van der Waals surface area (Å²) in [6.45, 7) is 0. The second kappa shape index (κ2) is 8.49. The molecule has 0 aromatic heterocycles. The summed E-state index contributed by atoms with van der Waals surface area (Å²) in [4.78, 5) is 30.3. The minimum Gasteiger partial charge on any atom is -0.481 e. The number of carboxylic acids is 1. The summed E-state index contributed by atoms with van der Waals surface area (Å²) in [5, 5.41) is 8.54. The van der Waals surface area contributed by atoms with E-state index in [4.69, 9.17) is 34.0 Å². The van der Waals surface area contributed by atoms with Gasteiger partial charge in [-0.2, -0.15) is 0 Å². The third-order valence-corrected chi connectivity index (χ3v) is 2.18. The van der Waals surface area contributed by atoms with Crippen molar-refractivity contribution >= 4 is 40.9 Å². The molecule has 1 amide bonds. The molecular formula is C11H11Cl2NO4. The number of benzene rings is 1. The number of primary amides is 1. The van der Waals surface area contributed by atoms with Crippen LogP contribution in [-0.2, 0) is 9.59 Å². The lowest BCUT2D eigenvalue weighted by molar-refractivity contribution is -0.139. The van der Waals surface area contributed by atoms with Crippen LogP contribution in [0.1, 0.15) is 16.8 Å². The third kappa shape index (κ3) is 7.65. The fourth-order valence-electron chi connectivity index (χ4n) is 0.830. The van der Waals surface area contributed by atoms with E-state index in [-0.39, 0.29) is 5.88 Å². The van der Waals surface area contributed by atoms with E-state index in [1.165, 1.54) is 0 Å². The SMILES string of the molecule is NC(=O)c1ccc(Cl)cc1.O=C(O)CC(=O)CCl. The van der Waals surface area contributed by atoms with Gasteiger partial charge in [-0.25, -0.2) is 0 Å². The zero-order valence-corrected chi connectivity index (χ0v) is 10.7. The van der Waals surface area contributed by atoms with E-state index in [0.29, 0.717) is 10.6 Å². The lowest BCUT2D eigenvalue weighted by Gasteiger charge is -1.92. The van der Waals surface area contributed by atoms with Gasteiger partial charge >= 0.3 is 5.97 Å². The zero-order valence-electron chi connectivity index (χ0n) is 9.23. The van der Waals surface area contributed by atoms with Crippen LogP contribution < -0.4 is 5.73 Å². The molecular weight excluding hydrogens is 281 g/mol. The molecule has 0 bridgehead atoms. The van der Waals surface area contributed by atoms with E-state index in [9.17, 15) is 14.4 Å². The second-order valence-electron chi connectivity index (χ2n) is 3.11. The number of nitrogens with two attached hydrogens (primary N) is 1. The maximum atomic E-state index is 10.5. The number of halogens is 2. The summed E-state index contributed by atoms with van der Waals surface area (Å²) in [5.74, 6) is -2.24. The summed E-state index contributed by atoms with van der Waals surface area (Å²) in [7, 11) is 0. The van der Waals surface area contributed by atoms with E-state index >= 15 is 0 Å². The standard InChI is InChI=1S/C7H6ClNO.C4H5ClO3/c8-6-3-1-5(2-4-6)7(9)10;5-2-3(6)1-4(7)8/h1-4H,(H2,9,10);1-2H2,(H,7,8). The Morgan fingerprint density at radius 2 is 1.67 bits per heavy atom. The van der Waals surface area contributed by atoms with Crippen molar-refractivity contribution in [2.45, 2.75) is 6.42 Å². The number of alkyl halides is 1. The van der Waals surface area contributed by atoms with Crippen molar-refractivity contribution in [2.24, 2.45) is 5.73 Å². The number of carbonyl (C=O) groups is 3. The molecule has 7 heteroatoms. The summed E-state index contributed by atoms with van der Waals surface area (Å²) < 4.78 is 0. The molecule has 0 aliphatic heterocycles. The minimum absolute atomic E-state index is 0.216. The molecule has 18 heavy (non-hydrogen) atoms. The number of hydrogen-bond acceptors (Lipinski definition) is 3. The molecule has 0 spiro atoms. The van der Waals surface area contributed by atoms with Crippen LogP contribution in [0.3, 0.4) is 0 Å². The Hall–Kier alpha value is -1.59. The Bertz CT molecular complexity index is 431. The van der Waals surface area contributed by atoms with Gasteiger partial charge in [0, 0.05) is 10.6 Å². The molecule has 0 unspecified atom stereocenters. The van der Waals surface area contributed by atoms with Crippen molar-refractivity contribution in [1.29, 1.82) is 0 Å². The monoisotopic (exact) mass is 291 g/mol. The number of rotatable bonds is 4. The quantitative estimate of drug-likeness (QED) is 0.652. The highest BCUT2D eigenvalue weighted by Gasteiger charge is 2.03. The summed E-state index contributed by atoms with van der Waals surface area (Å²) in [6, 6.07) is 6.43. The van der Waals surface area contributed by atoms with Crippen molar-refractivity contribution in [1.82, 2.24) is 0 Å². The first kappa shape index (κ1) is 16.4. The van der Waals surface area contributed by atoms with Gasteiger partial charge in [0.05, 0.1) is 5.88 Å². The number of hydrogen-bond donors (Lipinski definition) is 2. The van der Waals surface area contributed by atoms with Crippen molar-refractivity contribution in [2.75, 3.05) is 5.88 Å². The average molecular weight is 292 g/mol. The Morgan fingerprint density at radius 1 is 1.17 bits per heavy atom. The van der Waals surface area contributed by atoms with Gasteiger partial charge in [-0.15, -0.1) is 11.6 Å². The fourth-order valence-corrected chi connectivity index (χ4v) is 1.05. The first-order chi connectivity index (χ1) is 8.36. The van der Waals surface area contributed by atoms with Gasteiger partial charge in [-0.3, -0.25) is 14.4 Å². The van der Waals surface area contributed by atoms with Gasteiger partial charge in [-0.1, -0.05) is 11.6 Å². The number of aliphatic carboxylic acids is 1. The van der Waals surface area contributed by atoms with Crippen molar-refractivity contribution < 1.29 is 19.5 Å². The normalized spacial score (nSPS) is 9.00. The molecule has 98 valence electrons. The van der Waals surface area contributed by atoms with Crippen molar-refractivity contribution in [3.63, 3.8) is 0 Å². The number of Topliss-reactive ketones (excluding diaryl/α,β-unsaturated/α-hetero) is 1. The van der Waals surface area contributed by atoms with E-state index in [1.54, 1.807) is 24.3 Å². The fraction of sp³-hybridized carbons (Fsp3) is 0.182. The molecule has 5 nitrogen and oxygen atoms in total. The highest BCUT2D eigenvalue weighted by Crippen LogP contribution is 2.08. The first-order valence-corrected chi connectivity index (χ1v) is 5.63. The molecule has 1 rings (SSSR count). The summed E-state index contributed by atoms with van der Waals surface area (Å²) in [6.07, 6.45) is -0.469. The predicted molar refractivity (Wildman–Crippen MR) is 67.9 cm³/mol. The molecule has 1 aromatic rings. The topological polar surface area (TPSA) is 97.5 Å². The lowest BCUT2D eigenvalue weighted by Crippen LogP contribution is -2.10. The molecule has 0 aliphatic rings. The minimum atomic E-state index is -1.13. The third-order valence-electron chi connectivity index (χ3n) is 1.63. The molecule has 0 heterocycles. The second-order valence-corrected chi connectivity index (χ2v) is 3.82. The van der Waals surface area contributed by atoms with Crippen LogP contribution in [0.5, 0.6) is 0 Å². The summed E-state index contributed by atoms with van der Waals surface area (Å²) in [5.41, 5.74) is 5.46. The van der Waals surface area contributed by atoms with Crippen LogP contribution in [0, 0.1) is 0 Å². The maximum absolute atomic E-state index is 10.5. The first-order valence-electron chi connectivity index (χ1n) is 4.71. The van der Waals surface area contributed by atoms with E-state index < -0.39 is 24.1 Å². The molecule has 0 saturated heterocycles. The molecule has 0 aliphatic carbocycles. The van der Waals surface area contributed by atoms with E-state index in [2.05, 4.69) is 0 Å². The van der Waals surface area contributed by atoms with E-state index in [1.807, 2.05) is 0 Å². The van der Waals surface area contributed by atoms with E-state index in [0.717, 1.165) is 0 Å². The molecule has 0 fully saturated rings. The van der Waals surface area contributed by atoms with Gasteiger partial charge in [0.15, 0.2) is 5.78 Å². The lowest BCUT2D eigenvalue weighted by atomic mass is 10.2. The Balaban J connectivity index is 0.000000331. The highest BCUT2D eigenvalue weighted by atomic mass is 35.5. The van der Waals surface area contributed by atoms with Gasteiger partial charge in [0.25, 0.3) is 0 Å². The van der Waals surface area contributed by atoms with Crippen molar-refractivity contribution in [3.05, 3.63) is 34.9 Å². The molecule has 0 atom stereocenters. The maximum Gasteiger partial charge on any atom is 0.310 e. The molecule has 3 N–H and O–H groups in total. The number of ketones is 1. The molecule has 1 aromatic carbocycles. The summed E-state index contributed by atoms with van der Waals surface area (Å²) >= 11 is 10.5. The van der Waals surface area contributed by atoms with Gasteiger partial charge < -0.3 is 10.8 Å². The Morgan fingerprint density at radius 3 is 1.94 bits per heavy atom.